The lowest BCUT2D eigenvalue weighted by molar-refractivity contribution is 0.00141. The van der Waals surface area contributed by atoms with Crippen LogP contribution in [0.15, 0.2) is 0 Å². The largest absolute Gasteiger partial charge is 0.465 e. The monoisotopic (exact) mass is 217 g/mol. The van der Waals surface area contributed by atoms with E-state index in [-0.39, 0.29) is 12.8 Å². The first-order chi connectivity index (χ1) is 7.19. The van der Waals surface area contributed by atoms with Gasteiger partial charge in [0.1, 0.15) is 6.73 Å². The second kappa shape index (κ2) is 5.92. The predicted molar refractivity (Wildman–Crippen MR) is 54.8 cm³/mol. The van der Waals surface area contributed by atoms with E-state index in [0.717, 1.165) is 25.7 Å². The lowest BCUT2D eigenvalue weighted by Gasteiger charge is -2.34. The van der Waals surface area contributed by atoms with Crippen molar-refractivity contribution in [1.29, 1.82) is 0 Å². The van der Waals surface area contributed by atoms with Gasteiger partial charge in [0.25, 0.3) is 0 Å². The van der Waals surface area contributed by atoms with Gasteiger partial charge in [0.15, 0.2) is 0 Å². The molecule has 0 atom stereocenters. The fraction of sp³-hybridized carbons (Fsp3) is 0.900. The molecule has 0 radical (unpaired) electrons. The van der Waals surface area contributed by atoms with E-state index in [1.54, 1.807) is 7.11 Å². The number of rotatable bonds is 4. The number of nitrogens with zero attached hydrogens (tertiary/aromatic N) is 1. The maximum Gasteiger partial charge on any atom is 0.409 e. The third kappa shape index (κ3) is 3.35. The zero-order valence-electron chi connectivity index (χ0n) is 9.31. The van der Waals surface area contributed by atoms with Gasteiger partial charge in [-0.1, -0.05) is 0 Å². The predicted octanol–water partition coefficient (Wildman–Crippen LogP) is 1.53. The molecule has 1 saturated carbocycles. The highest BCUT2D eigenvalue weighted by Crippen LogP contribution is 2.24. The molecule has 0 aromatic heterocycles. The zero-order chi connectivity index (χ0) is 11.3. The summed E-state index contributed by atoms with van der Waals surface area (Å²) in [7, 11) is 3.21. The Hall–Kier alpha value is -0.810. The molecule has 1 fully saturated rings. The Bertz CT molecular complexity index is 202. The van der Waals surface area contributed by atoms with Gasteiger partial charge < -0.3 is 14.6 Å². The number of hydrogen-bond acceptors (Lipinski definition) is 3. The molecule has 5 nitrogen and oxygen atoms in total. The molecule has 0 unspecified atom stereocenters. The van der Waals surface area contributed by atoms with Crippen LogP contribution in [-0.4, -0.2) is 49.2 Å². The van der Waals surface area contributed by atoms with Crippen LogP contribution in [0.4, 0.5) is 4.79 Å². The van der Waals surface area contributed by atoms with Crippen LogP contribution in [-0.2, 0) is 9.47 Å². The Labute approximate surface area is 90.0 Å². The van der Waals surface area contributed by atoms with E-state index in [4.69, 9.17) is 14.6 Å². The van der Waals surface area contributed by atoms with Gasteiger partial charge in [-0.15, -0.1) is 0 Å². The van der Waals surface area contributed by atoms with Gasteiger partial charge in [-0.2, -0.15) is 0 Å². The van der Waals surface area contributed by atoms with Crippen LogP contribution in [0.25, 0.3) is 0 Å². The van der Waals surface area contributed by atoms with Crippen molar-refractivity contribution < 1.29 is 19.4 Å². The Morgan fingerprint density at radius 1 is 1.33 bits per heavy atom. The molecular formula is C10H19NO4. The fourth-order valence-electron chi connectivity index (χ4n) is 2.05. The van der Waals surface area contributed by atoms with Gasteiger partial charge in [-0.25, -0.2) is 4.79 Å². The molecule has 0 bridgehead atoms. The molecule has 1 aliphatic rings. The van der Waals surface area contributed by atoms with Gasteiger partial charge in [0.05, 0.1) is 6.10 Å². The molecule has 0 aromatic rings. The fourth-order valence-corrected chi connectivity index (χ4v) is 2.05. The van der Waals surface area contributed by atoms with Crippen molar-refractivity contribution in [1.82, 2.24) is 4.90 Å². The van der Waals surface area contributed by atoms with Crippen LogP contribution in [0.5, 0.6) is 0 Å². The molecule has 5 heteroatoms. The average Bonchev–Trinajstić information content (AvgIpc) is 2.26. The van der Waals surface area contributed by atoms with Crippen molar-refractivity contribution in [2.75, 3.05) is 21.0 Å². The van der Waals surface area contributed by atoms with Gasteiger partial charge >= 0.3 is 6.09 Å². The summed E-state index contributed by atoms with van der Waals surface area (Å²) in [6.07, 6.45) is 2.95. The highest BCUT2D eigenvalue weighted by molar-refractivity contribution is 5.65. The highest BCUT2D eigenvalue weighted by atomic mass is 16.5. The van der Waals surface area contributed by atoms with E-state index >= 15 is 0 Å². The lowest BCUT2D eigenvalue weighted by atomic mass is 9.92. The van der Waals surface area contributed by atoms with E-state index < -0.39 is 6.09 Å². The van der Waals surface area contributed by atoms with Gasteiger partial charge in [0, 0.05) is 20.3 Å². The molecular weight excluding hydrogens is 198 g/mol. The van der Waals surface area contributed by atoms with E-state index in [9.17, 15) is 4.79 Å². The van der Waals surface area contributed by atoms with Crippen molar-refractivity contribution in [2.24, 2.45) is 0 Å². The summed E-state index contributed by atoms with van der Waals surface area (Å²) in [6.45, 7) is 0.150. The number of amides is 1. The zero-order valence-corrected chi connectivity index (χ0v) is 9.31. The van der Waals surface area contributed by atoms with Crippen molar-refractivity contribution in [3.8, 4) is 0 Å². The summed E-state index contributed by atoms with van der Waals surface area (Å²) in [5.41, 5.74) is 0. The van der Waals surface area contributed by atoms with Crippen molar-refractivity contribution in [2.45, 2.75) is 37.8 Å². The molecule has 0 heterocycles. The number of carboxylic acid groups (broad SMARTS) is 1. The quantitative estimate of drug-likeness (QED) is 0.725. The third-order valence-corrected chi connectivity index (χ3v) is 2.93. The molecule has 0 spiro atoms. The molecule has 88 valence electrons. The summed E-state index contributed by atoms with van der Waals surface area (Å²) in [5, 5.41) is 8.99. The number of hydrogen-bond donors (Lipinski definition) is 1. The Morgan fingerprint density at radius 3 is 2.33 bits per heavy atom. The smallest absolute Gasteiger partial charge is 0.409 e. The van der Waals surface area contributed by atoms with Crippen LogP contribution in [0, 0.1) is 0 Å². The Morgan fingerprint density at radius 2 is 1.93 bits per heavy atom. The minimum absolute atomic E-state index is 0.0776. The van der Waals surface area contributed by atoms with Gasteiger partial charge in [0.2, 0.25) is 0 Å². The van der Waals surface area contributed by atoms with Crippen LogP contribution >= 0.6 is 0 Å². The van der Waals surface area contributed by atoms with Gasteiger partial charge in [-0.3, -0.25) is 4.90 Å². The molecule has 15 heavy (non-hydrogen) atoms. The number of methoxy groups -OCH3 is 2. The van der Waals surface area contributed by atoms with Crippen molar-refractivity contribution in [3.05, 3.63) is 0 Å². The first kappa shape index (κ1) is 12.3. The summed E-state index contributed by atoms with van der Waals surface area (Å²) < 4.78 is 10.1. The maximum atomic E-state index is 11.0. The third-order valence-electron chi connectivity index (χ3n) is 2.93. The Balaban J connectivity index is 2.45. The summed E-state index contributed by atoms with van der Waals surface area (Å²) in [4.78, 5) is 12.3. The minimum atomic E-state index is -0.905. The normalized spacial score (nSPS) is 26.3. The molecule has 1 N–H and O–H groups in total. The van der Waals surface area contributed by atoms with E-state index in [1.165, 1.54) is 12.0 Å². The van der Waals surface area contributed by atoms with E-state index in [2.05, 4.69) is 0 Å². The maximum absolute atomic E-state index is 11.0. The standard InChI is InChI=1S/C10H19NO4/c1-14-7-11(10(12)13)8-3-5-9(15-2)6-4-8/h8-9H,3-7H2,1-2H3,(H,12,13). The summed E-state index contributed by atoms with van der Waals surface area (Å²) in [5.74, 6) is 0. The minimum Gasteiger partial charge on any atom is -0.465 e. The summed E-state index contributed by atoms with van der Waals surface area (Å²) >= 11 is 0. The molecule has 0 aromatic carbocycles. The molecule has 1 rings (SSSR count). The van der Waals surface area contributed by atoms with Crippen LogP contribution in [0.2, 0.25) is 0 Å². The molecule has 0 saturated heterocycles. The first-order valence-electron chi connectivity index (χ1n) is 5.20. The Kier molecular flexibility index (Phi) is 4.84. The molecule has 1 aliphatic carbocycles. The van der Waals surface area contributed by atoms with Crippen molar-refractivity contribution >= 4 is 6.09 Å². The second-order valence-corrected chi connectivity index (χ2v) is 3.84. The molecule has 0 aliphatic heterocycles. The van der Waals surface area contributed by atoms with Crippen LogP contribution < -0.4 is 0 Å². The highest BCUT2D eigenvalue weighted by Gasteiger charge is 2.28. The lowest BCUT2D eigenvalue weighted by Crippen LogP contribution is -2.43. The SMILES string of the molecule is COCN(C(=O)O)C1CCC(OC)CC1. The number of ether oxygens (including phenoxy) is 2. The van der Waals surface area contributed by atoms with E-state index in [1.807, 2.05) is 0 Å². The topological polar surface area (TPSA) is 59.0 Å². The average molecular weight is 217 g/mol. The van der Waals surface area contributed by atoms with Gasteiger partial charge in [-0.05, 0) is 25.7 Å². The first-order valence-corrected chi connectivity index (χ1v) is 5.20. The number of carbonyl (C=O) groups is 1. The van der Waals surface area contributed by atoms with Crippen molar-refractivity contribution in [3.63, 3.8) is 0 Å². The second-order valence-electron chi connectivity index (χ2n) is 3.84. The summed E-state index contributed by atoms with van der Waals surface area (Å²) in [6, 6.07) is 0.0776. The molecule has 1 amide bonds. The van der Waals surface area contributed by atoms with E-state index in [0.29, 0.717) is 6.10 Å². The van der Waals surface area contributed by atoms with Crippen LogP contribution in [0.3, 0.4) is 0 Å². The van der Waals surface area contributed by atoms with Crippen LogP contribution in [0.1, 0.15) is 25.7 Å².